The number of urea groups is 1. The van der Waals surface area contributed by atoms with Crippen molar-refractivity contribution in [2.24, 2.45) is 10.4 Å². The Bertz CT molecular complexity index is 877. The molecule has 1 fully saturated rings. The van der Waals surface area contributed by atoms with E-state index < -0.39 is 11.6 Å². The van der Waals surface area contributed by atoms with E-state index in [1.54, 1.807) is 0 Å². The van der Waals surface area contributed by atoms with Crippen LogP contribution in [0.1, 0.15) is 65.9 Å². The molecule has 8 heteroatoms. The molecular weight excluding hydrogens is 428 g/mol. The Labute approximate surface area is 204 Å². The Morgan fingerprint density at radius 2 is 1.82 bits per heavy atom. The van der Waals surface area contributed by atoms with Gasteiger partial charge in [0.2, 0.25) is 5.91 Å². The molecule has 8 nitrogen and oxygen atoms in total. The number of nitriles is 1. The molecule has 0 radical (unpaired) electrons. The number of rotatable bonds is 8. The third kappa shape index (κ3) is 8.45. The number of hydrogen-bond donors (Lipinski definition) is 3. The first-order chi connectivity index (χ1) is 16.1. The Morgan fingerprint density at radius 3 is 2.35 bits per heavy atom. The van der Waals surface area contributed by atoms with Crippen molar-refractivity contribution in [2.75, 3.05) is 26.2 Å². The van der Waals surface area contributed by atoms with Crippen molar-refractivity contribution in [3.05, 3.63) is 35.9 Å². The van der Waals surface area contributed by atoms with E-state index in [9.17, 15) is 14.9 Å². The Hall–Kier alpha value is -2.92. The second-order valence-corrected chi connectivity index (χ2v) is 10.1. The molecule has 0 aliphatic carbocycles. The number of hydrogen-bond acceptors (Lipinski definition) is 5. The van der Waals surface area contributed by atoms with Crippen LogP contribution in [0.5, 0.6) is 0 Å². The molecule has 1 aromatic rings. The Balaban J connectivity index is 2.33. The highest BCUT2D eigenvalue weighted by molar-refractivity contribution is 6.08. The number of amidine groups is 1. The van der Waals surface area contributed by atoms with Crippen LogP contribution >= 0.6 is 0 Å². The first-order valence-corrected chi connectivity index (χ1v) is 12.2. The summed E-state index contributed by atoms with van der Waals surface area (Å²) in [4.78, 5) is 32.9. The Morgan fingerprint density at radius 1 is 1.18 bits per heavy atom. The summed E-state index contributed by atoms with van der Waals surface area (Å²) in [7, 11) is 0. The van der Waals surface area contributed by atoms with Gasteiger partial charge in [-0.15, -0.1) is 0 Å². The molecule has 0 saturated carbocycles. The fourth-order valence-electron chi connectivity index (χ4n) is 4.08. The molecule has 34 heavy (non-hydrogen) atoms. The van der Waals surface area contributed by atoms with Crippen LogP contribution in [0.2, 0.25) is 0 Å². The van der Waals surface area contributed by atoms with Gasteiger partial charge in [-0.1, -0.05) is 58.0 Å². The minimum atomic E-state index is -0.896. The second-order valence-electron chi connectivity index (χ2n) is 10.1. The van der Waals surface area contributed by atoms with Gasteiger partial charge in [0.05, 0.1) is 6.07 Å². The number of amides is 3. The summed E-state index contributed by atoms with van der Waals surface area (Å²) in [6.07, 6.45) is 2.71. The van der Waals surface area contributed by atoms with Crippen LogP contribution in [0.3, 0.4) is 0 Å². The molecule has 3 amide bonds. The number of benzene rings is 1. The standard InChI is InChI=1S/C26H40N6O2/c1-6-15-32-16-13-26(19-27,14-17-32)31-23(33)21(18-25(3,4)5)29-22(30-24(34)28-7-2)20-11-9-8-10-12-20/h8-12,21H,6-7,13-18H2,1-5H3,(H,31,33)(H2,28,29,30,34). The summed E-state index contributed by atoms with van der Waals surface area (Å²) in [6, 6.07) is 10.5. The molecule has 1 aliphatic rings. The number of piperidine rings is 1. The zero-order valence-corrected chi connectivity index (χ0v) is 21.3. The summed E-state index contributed by atoms with van der Waals surface area (Å²) >= 11 is 0. The highest BCUT2D eigenvalue weighted by Crippen LogP contribution is 2.26. The van der Waals surface area contributed by atoms with E-state index in [1.165, 1.54) is 0 Å². The largest absolute Gasteiger partial charge is 0.338 e. The van der Waals surface area contributed by atoms with E-state index in [4.69, 9.17) is 4.99 Å². The maximum Gasteiger partial charge on any atom is 0.320 e. The van der Waals surface area contributed by atoms with Crippen LogP contribution < -0.4 is 16.0 Å². The summed E-state index contributed by atoms with van der Waals surface area (Å²) < 4.78 is 0. The smallest absolute Gasteiger partial charge is 0.320 e. The maximum absolute atomic E-state index is 13.5. The van der Waals surface area contributed by atoms with Gasteiger partial charge in [-0.3, -0.25) is 15.1 Å². The number of nitrogens with one attached hydrogen (secondary N) is 3. The van der Waals surface area contributed by atoms with Crippen molar-refractivity contribution in [3.63, 3.8) is 0 Å². The highest BCUT2D eigenvalue weighted by Gasteiger charge is 2.38. The van der Waals surface area contributed by atoms with Gasteiger partial charge in [0.15, 0.2) is 0 Å². The normalized spacial score (nSPS) is 17.4. The fourth-order valence-corrected chi connectivity index (χ4v) is 4.08. The minimum absolute atomic E-state index is 0.191. The van der Waals surface area contributed by atoms with Gasteiger partial charge in [-0.05, 0) is 44.6 Å². The maximum atomic E-state index is 13.5. The van der Waals surface area contributed by atoms with Crippen molar-refractivity contribution < 1.29 is 9.59 Å². The van der Waals surface area contributed by atoms with Gasteiger partial charge in [-0.2, -0.15) is 5.26 Å². The molecule has 0 spiro atoms. The summed E-state index contributed by atoms with van der Waals surface area (Å²) in [5.41, 5.74) is -0.376. The van der Waals surface area contributed by atoms with Gasteiger partial charge < -0.3 is 15.5 Å². The average molecular weight is 469 g/mol. The quantitative estimate of drug-likeness (QED) is 0.401. The Kier molecular flexibility index (Phi) is 10.1. The minimum Gasteiger partial charge on any atom is -0.338 e. The lowest BCUT2D eigenvalue weighted by Gasteiger charge is -2.38. The molecule has 1 heterocycles. The molecule has 0 aromatic heterocycles. The van der Waals surface area contributed by atoms with Crippen LogP contribution in [-0.2, 0) is 4.79 Å². The predicted molar refractivity (Wildman–Crippen MR) is 135 cm³/mol. The summed E-state index contributed by atoms with van der Waals surface area (Å²) in [5.74, 6) is 0.0475. The third-order valence-corrected chi connectivity index (χ3v) is 5.84. The molecule has 1 aliphatic heterocycles. The molecule has 0 bridgehead atoms. The van der Waals surface area contributed by atoms with E-state index in [-0.39, 0.29) is 17.4 Å². The number of aliphatic imine (C=N–C) groups is 1. The molecule has 1 aromatic carbocycles. The van der Waals surface area contributed by atoms with Crippen molar-refractivity contribution >= 4 is 17.8 Å². The molecule has 1 atom stereocenters. The first-order valence-electron chi connectivity index (χ1n) is 12.2. The lowest BCUT2D eigenvalue weighted by Crippen LogP contribution is -2.56. The van der Waals surface area contributed by atoms with E-state index in [0.717, 1.165) is 26.1 Å². The van der Waals surface area contributed by atoms with Crippen LogP contribution in [0.25, 0.3) is 0 Å². The molecule has 3 N–H and O–H groups in total. The van der Waals surface area contributed by atoms with Gasteiger partial charge in [-0.25, -0.2) is 4.79 Å². The summed E-state index contributed by atoms with van der Waals surface area (Å²) in [5, 5.41) is 18.5. The monoisotopic (exact) mass is 468 g/mol. The van der Waals surface area contributed by atoms with Gasteiger partial charge >= 0.3 is 6.03 Å². The lowest BCUT2D eigenvalue weighted by molar-refractivity contribution is -0.124. The van der Waals surface area contributed by atoms with Crippen LogP contribution in [0.15, 0.2) is 35.3 Å². The molecule has 1 unspecified atom stereocenters. The predicted octanol–water partition coefficient (Wildman–Crippen LogP) is 3.44. The van der Waals surface area contributed by atoms with E-state index in [2.05, 4.69) is 33.8 Å². The number of nitrogens with zero attached hydrogens (tertiary/aromatic N) is 3. The van der Waals surface area contributed by atoms with Gasteiger partial charge in [0, 0.05) is 25.2 Å². The van der Waals surface area contributed by atoms with E-state index >= 15 is 0 Å². The number of likely N-dealkylation sites (tertiary alicyclic amines) is 1. The molecule has 1 saturated heterocycles. The van der Waals surface area contributed by atoms with Crippen molar-refractivity contribution in [3.8, 4) is 6.07 Å². The van der Waals surface area contributed by atoms with Crippen molar-refractivity contribution in [1.29, 1.82) is 5.26 Å². The third-order valence-electron chi connectivity index (χ3n) is 5.84. The van der Waals surface area contributed by atoms with Crippen LogP contribution in [-0.4, -0.2) is 60.4 Å². The first kappa shape index (κ1) is 27.3. The highest BCUT2D eigenvalue weighted by atomic mass is 16.2. The van der Waals surface area contributed by atoms with Crippen LogP contribution in [0.4, 0.5) is 4.79 Å². The fraction of sp³-hybridized carbons (Fsp3) is 0.615. The zero-order valence-electron chi connectivity index (χ0n) is 21.3. The number of carbonyl (C=O) groups is 2. The van der Waals surface area contributed by atoms with Crippen molar-refractivity contribution in [2.45, 2.75) is 71.9 Å². The van der Waals surface area contributed by atoms with Gasteiger partial charge in [0.1, 0.15) is 17.4 Å². The van der Waals surface area contributed by atoms with E-state index in [0.29, 0.717) is 37.2 Å². The number of carbonyl (C=O) groups excluding carboxylic acids is 2. The summed E-state index contributed by atoms with van der Waals surface area (Å²) in [6.45, 7) is 13.1. The van der Waals surface area contributed by atoms with Crippen LogP contribution in [0, 0.1) is 16.7 Å². The lowest BCUT2D eigenvalue weighted by atomic mass is 9.85. The topological polar surface area (TPSA) is 110 Å². The molecule has 2 rings (SSSR count). The van der Waals surface area contributed by atoms with Gasteiger partial charge in [0.25, 0.3) is 0 Å². The van der Waals surface area contributed by atoms with Crippen molar-refractivity contribution in [1.82, 2.24) is 20.9 Å². The SMILES string of the molecule is CCCN1CCC(C#N)(NC(=O)C(CC(C)(C)C)N=C(NC(=O)NCC)c2ccccc2)CC1. The average Bonchev–Trinajstić information content (AvgIpc) is 2.79. The zero-order chi connectivity index (χ0) is 25.2. The van der Waals surface area contributed by atoms with E-state index in [1.807, 2.05) is 58.0 Å². The second kappa shape index (κ2) is 12.5. The molecule has 186 valence electrons. The molecular formula is C26H40N6O2.